The van der Waals surface area contributed by atoms with E-state index < -0.39 is 0 Å². The van der Waals surface area contributed by atoms with Crippen molar-refractivity contribution in [3.63, 3.8) is 0 Å². The summed E-state index contributed by atoms with van der Waals surface area (Å²) in [6, 6.07) is 17.6. The Morgan fingerprint density at radius 3 is 1.74 bits per heavy atom. The third-order valence-electron chi connectivity index (χ3n) is 5.60. The fraction of sp³-hybridized carbons (Fsp3) is 0.160. The topological polar surface area (TPSA) is 3.88 Å². The molecule has 156 valence electrons. The zero-order valence-corrected chi connectivity index (χ0v) is 20.3. The van der Waals surface area contributed by atoms with Crippen molar-refractivity contribution >= 4 is 57.7 Å². The van der Waals surface area contributed by atoms with Crippen molar-refractivity contribution < 1.29 is 4.57 Å². The number of halogens is 4. The Morgan fingerprint density at radius 1 is 0.677 bits per heavy atom. The van der Waals surface area contributed by atoms with Crippen molar-refractivity contribution in [3.8, 4) is 27.9 Å². The number of aryl methyl sites for hydroxylation is 1. The molecule has 31 heavy (non-hydrogen) atoms. The first kappa shape index (κ1) is 21.3. The van der Waals surface area contributed by atoms with E-state index in [1.807, 2.05) is 35.6 Å². The lowest BCUT2D eigenvalue weighted by molar-refractivity contribution is -0.598. The Bertz CT molecular complexity index is 1180. The van der Waals surface area contributed by atoms with Crippen LogP contribution in [0.3, 0.4) is 0 Å². The first-order chi connectivity index (χ1) is 15.0. The van der Waals surface area contributed by atoms with Crippen LogP contribution in [0.4, 0.5) is 0 Å². The molecule has 3 aromatic carbocycles. The van der Waals surface area contributed by atoms with Crippen LogP contribution in [-0.2, 0) is 12.8 Å². The number of benzene rings is 3. The van der Waals surface area contributed by atoms with E-state index in [9.17, 15) is 0 Å². The summed E-state index contributed by atoms with van der Waals surface area (Å²) in [5.41, 5.74) is 8.78. The molecule has 0 saturated carbocycles. The maximum atomic E-state index is 6.37. The Hall–Kier alpha value is -1.55. The maximum absolute atomic E-state index is 6.37. The van der Waals surface area contributed by atoms with Gasteiger partial charge in [-0.1, -0.05) is 63.8 Å². The van der Waals surface area contributed by atoms with E-state index in [2.05, 4.69) is 28.3 Å². The van der Waals surface area contributed by atoms with E-state index in [0.717, 1.165) is 40.8 Å². The molecule has 0 radical (unpaired) electrons. The van der Waals surface area contributed by atoms with Gasteiger partial charge in [0, 0.05) is 26.5 Å². The van der Waals surface area contributed by atoms with Crippen molar-refractivity contribution in [1.29, 1.82) is 0 Å². The highest BCUT2D eigenvalue weighted by molar-refractivity contribution is 7.09. The molecular weight excluding hydrogens is 488 g/mol. The summed E-state index contributed by atoms with van der Waals surface area (Å²) in [4.78, 5) is 1.46. The first-order valence-electron chi connectivity index (χ1n) is 10.1. The van der Waals surface area contributed by atoms with Gasteiger partial charge in [0.15, 0.2) is 0 Å². The van der Waals surface area contributed by atoms with E-state index in [0.29, 0.717) is 20.1 Å². The fourth-order valence-electron chi connectivity index (χ4n) is 4.30. The van der Waals surface area contributed by atoms with E-state index in [1.54, 1.807) is 12.1 Å². The lowest BCUT2D eigenvalue weighted by Gasteiger charge is -2.14. The molecular formula is C25H18Cl4NS+. The lowest BCUT2D eigenvalue weighted by atomic mass is 9.94. The van der Waals surface area contributed by atoms with Crippen LogP contribution in [0.5, 0.6) is 0 Å². The highest BCUT2D eigenvalue weighted by Crippen LogP contribution is 2.38. The second-order valence-electron chi connectivity index (χ2n) is 7.69. The monoisotopic (exact) mass is 504 g/mol. The molecule has 6 heteroatoms. The summed E-state index contributed by atoms with van der Waals surface area (Å²) in [6.45, 7) is 0. The molecule has 0 spiro atoms. The van der Waals surface area contributed by atoms with Gasteiger partial charge in [0.2, 0.25) is 16.9 Å². The minimum Gasteiger partial charge on any atom is -0.153 e. The summed E-state index contributed by atoms with van der Waals surface area (Å²) in [6.07, 6.45) is 4.65. The second kappa shape index (κ2) is 8.77. The van der Waals surface area contributed by atoms with Gasteiger partial charge < -0.3 is 0 Å². The fourth-order valence-corrected chi connectivity index (χ4v) is 6.41. The third kappa shape index (κ3) is 4.25. The maximum Gasteiger partial charge on any atom is 0.231 e. The van der Waals surface area contributed by atoms with Crippen molar-refractivity contribution in [2.75, 3.05) is 0 Å². The van der Waals surface area contributed by atoms with Crippen LogP contribution in [0.1, 0.15) is 23.4 Å². The van der Waals surface area contributed by atoms with Gasteiger partial charge in [-0.05, 0) is 78.9 Å². The van der Waals surface area contributed by atoms with Crippen molar-refractivity contribution in [2.45, 2.75) is 25.7 Å². The zero-order valence-electron chi connectivity index (χ0n) is 16.5. The second-order valence-corrected chi connectivity index (χ2v) is 10.4. The van der Waals surface area contributed by atoms with Crippen LogP contribution in [-0.4, -0.2) is 0 Å². The molecule has 1 aromatic heterocycles. The minimum atomic E-state index is 0.613. The molecule has 1 aliphatic carbocycles. The van der Waals surface area contributed by atoms with Crippen molar-refractivity contribution in [1.82, 2.24) is 0 Å². The average Bonchev–Trinajstić information content (AvgIpc) is 3.15. The molecule has 0 N–H and O–H groups in total. The lowest BCUT2D eigenvalue weighted by Crippen LogP contribution is -2.35. The number of fused-ring (bicyclic) bond motifs is 1. The number of hydrogen-bond acceptors (Lipinski definition) is 1. The minimum absolute atomic E-state index is 0.613. The largest absolute Gasteiger partial charge is 0.231 e. The summed E-state index contributed by atoms with van der Waals surface area (Å²) < 4.78 is 2.34. The Kier molecular flexibility index (Phi) is 6.02. The highest BCUT2D eigenvalue weighted by Gasteiger charge is 2.29. The van der Waals surface area contributed by atoms with Crippen LogP contribution in [0, 0.1) is 0 Å². The Balaban J connectivity index is 1.83. The van der Waals surface area contributed by atoms with Gasteiger partial charge in [-0.3, -0.25) is 0 Å². The quantitative estimate of drug-likeness (QED) is 0.245. The normalized spacial score (nSPS) is 13.3. The summed E-state index contributed by atoms with van der Waals surface area (Å²) in [7, 11) is 0. The smallest absolute Gasteiger partial charge is 0.153 e. The van der Waals surface area contributed by atoms with E-state index in [1.165, 1.54) is 23.4 Å². The summed E-state index contributed by atoms with van der Waals surface area (Å²) in [5.74, 6) is 0. The van der Waals surface area contributed by atoms with Gasteiger partial charge in [-0.25, -0.2) is 0 Å². The number of para-hydroxylation sites is 1. The van der Waals surface area contributed by atoms with Gasteiger partial charge in [0.25, 0.3) is 0 Å². The third-order valence-corrected chi connectivity index (χ3v) is 7.52. The number of nitrogens with zero attached hydrogens (tertiary/aromatic N) is 1. The molecule has 5 rings (SSSR count). The SMILES string of the molecule is Clc1cc(Cl)cc(-c2cccc(-c3cc(Cl)cc(Cl)c3)c2-[n+]2csc3c2CCCC3)c1. The molecule has 1 nitrogen and oxygen atoms in total. The molecule has 0 atom stereocenters. The molecule has 4 aromatic rings. The van der Waals surface area contributed by atoms with Gasteiger partial charge in [0.1, 0.15) is 0 Å². The van der Waals surface area contributed by atoms with Gasteiger partial charge in [-0.15, -0.1) is 0 Å². The molecule has 0 amide bonds. The zero-order chi connectivity index (χ0) is 21.5. The Labute approximate surface area is 205 Å². The van der Waals surface area contributed by atoms with E-state index >= 15 is 0 Å². The molecule has 1 aliphatic rings. The number of rotatable bonds is 3. The average molecular weight is 506 g/mol. The van der Waals surface area contributed by atoms with Crippen LogP contribution in [0.15, 0.2) is 60.1 Å². The summed E-state index contributed by atoms with van der Waals surface area (Å²) >= 11 is 27.3. The van der Waals surface area contributed by atoms with E-state index in [4.69, 9.17) is 46.4 Å². The summed E-state index contributed by atoms with van der Waals surface area (Å²) in [5, 5.41) is 2.45. The number of aromatic nitrogens is 1. The molecule has 0 aliphatic heterocycles. The molecule has 0 unspecified atom stereocenters. The van der Waals surface area contributed by atoms with Gasteiger partial charge in [-0.2, -0.15) is 4.57 Å². The van der Waals surface area contributed by atoms with Crippen molar-refractivity contribution in [2.24, 2.45) is 0 Å². The molecule has 0 bridgehead atoms. The van der Waals surface area contributed by atoms with E-state index in [-0.39, 0.29) is 0 Å². The standard InChI is InChI=1S/C25H18Cl4NS/c26-17-8-15(9-18(27)12-17)21-4-3-5-22(16-10-19(28)13-20(29)11-16)25(21)30-14-31-24-7-2-1-6-23(24)30/h3-5,8-14H,1-2,6-7H2/q+1. The number of hydrogen-bond donors (Lipinski definition) is 0. The van der Waals surface area contributed by atoms with Gasteiger partial charge >= 0.3 is 0 Å². The predicted octanol–water partition coefficient (Wildman–Crippen LogP) is 8.85. The van der Waals surface area contributed by atoms with Crippen LogP contribution >= 0.6 is 57.7 Å². The predicted molar refractivity (Wildman–Crippen MR) is 133 cm³/mol. The molecule has 0 saturated heterocycles. The van der Waals surface area contributed by atoms with Crippen molar-refractivity contribution in [3.05, 3.63) is 90.8 Å². The Morgan fingerprint density at radius 2 is 1.19 bits per heavy atom. The number of thiazole rings is 1. The van der Waals surface area contributed by atoms with Crippen LogP contribution in [0.2, 0.25) is 20.1 Å². The molecule has 0 fully saturated rings. The first-order valence-corrected chi connectivity index (χ1v) is 12.5. The van der Waals surface area contributed by atoms with Crippen LogP contribution < -0.4 is 4.57 Å². The van der Waals surface area contributed by atoms with Crippen LogP contribution in [0.25, 0.3) is 27.9 Å². The molecule has 1 heterocycles. The highest BCUT2D eigenvalue weighted by atomic mass is 35.5. The van der Waals surface area contributed by atoms with Gasteiger partial charge in [0.05, 0.1) is 16.0 Å².